The molecule has 154 valence electrons. The van der Waals surface area contributed by atoms with Crippen molar-refractivity contribution in [3.8, 4) is 0 Å². The molecule has 2 heterocycles. The van der Waals surface area contributed by atoms with Crippen LogP contribution in [0.25, 0.3) is 0 Å². The molecule has 4 nitrogen and oxygen atoms in total. The SMILES string of the molecule is O=C(c1ccccc1)N1CCC(NC(c2cccnc2)c2ccc(Cl)cc2F)CC1. The number of likely N-dealkylation sites (tertiary alicyclic amines) is 1. The molecule has 0 radical (unpaired) electrons. The topological polar surface area (TPSA) is 45.2 Å². The van der Waals surface area contributed by atoms with Crippen molar-refractivity contribution >= 4 is 17.5 Å². The van der Waals surface area contributed by atoms with Gasteiger partial charge in [-0.05, 0) is 48.7 Å². The molecule has 0 aliphatic carbocycles. The zero-order chi connectivity index (χ0) is 20.9. The lowest BCUT2D eigenvalue weighted by atomic mass is 9.96. The molecule has 30 heavy (non-hydrogen) atoms. The Hall–Kier alpha value is -2.76. The Bertz CT molecular complexity index is 992. The summed E-state index contributed by atoms with van der Waals surface area (Å²) in [4.78, 5) is 18.8. The van der Waals surface area contributed by atoms with E-state index in [4.69, 9.17) is 11.6 Å². The van der Waals surface area contributed by atoms with Crippen LogP contribution in [0.3, 0.4) is 0 Å². The number of nitrogens with one attached hydrogen (secondary N) is 1. The van der Waals surface area contributed by atoms with Gasteiger partial charge in [0.15, 0.2) is 0 Å². The van der Waals surface area contributed by atoms with Crippen molar-refractivity contribution in [3.63, 3.8) is 0 Å². The third kappa shape index (κ3) is 4.69. The van der Waals surface area contributed by atoms with Gasteiger partial charge >= 0.3 is 0 Å². The van der Waals surface area contributed by atoms with E-state index in [2.05, 4.69) is 10.3 Å². The fourth-order valence-electron chi connectivity index (χ4n) is 3.90. The van der Waals surface area contributed by atoms with Gasteiger partial charge in [-0.25, -0.2) is 4.39 Å². The Morgan fingerprint density at radius 3 is 2.53 bits per heavy atom. The van der Waals surface area contributed by atoms with Gasteiger partial charge in [-0.1, -0.05) is 41.9 Å². The summed E-state index contributed by atoms with van der Waals surface area (Å²) in [6.45, 7) is 1.32. The van der Waals surface area contributed by atoms with Crippen LogP contribution in [0.4, 0.5) is 4.39 Å². The Kier molecular flexibility index (Phi) is 6.41. The summed E-state index contributed by atoms with van der Waals surface area (Å²) in [5.41, 5.74) is 2.14. The minimum Gasteiger partial charge on any atom is -0.339 e. The predicted molar refractivity (Wildman–Crippen MR) is 116 cm³/mol. The second-order valence-corrected chi connectivity index (χ2v) is 7.92. The monoisotopic (exact) mass is 423 g/mol. The van der Waals surface area contributed by atoms with E-state index < -0.39 is 0 Å². The van der Waals surface area contributed by atoms with Crippen molar-refractivity contribution in [3.05, 3.63) is 101 Å². The Morgan fingerprint density at radius 2 is 1.87 bits per heavy atom. The summed E-state index contributed by atoms with van der Waals surface area (Å²) >= 11 is 5.95. The third-order valence-electron chi connectivity index (χ3n) is 5.50. The van der Waals surface area contributed by atoms with Gasteiger partial charge < -0.3 is 10.2 Å². The summed E-state index contributed by atoms with van der Waals surface area (Å²) in [7, 11) is 0. The molecule has 0 spiro atoms. The summed E-state index contributed by atoms with van der Waals surface area (Å²) in [6, 6.07) is 17.7. The second-order valence-electron chi connectivity index (χ2n) is 7.48. The number of benzene rings is 2. The highest BCUT2D eigenvalue weighted by atomic mass is 35.5. The molecule has 1 saturated heterocycles. The van der Waals surface area contributed by atoms with Gasteiger partial charge in [0, 0.05) is 47.7 Å². The molecule has 1 amide bonds. The predicted octanol–water partition coefficient (Wildman–Crippen LogP) is 4.86. The number of carbonyl (C=O) groups is 1. The molecule has 1 aromatic heterocycles. The van der Waals surface area contributed by atoms with Crippen LogP contribution >= 0.6 is 11.6 Å². The first-order chi connectivity index (χ1) is 14.6. The van der Waals surface area contributed by atoms with Gasteiger partial charge in [-0.2, -0.15) is 0 Å². The number of aromatic nitrogens is 1. The molecule has 6 heteroatoms. The maximum Gasteiger partial charge on any atom is 0.253 e. The normalized spacial score (nSPS) is 15.7. The zero-order valence-electron chi connectivity index (χ0n) is 16.5. The van der Waals surface area contributed by atoms with Crippen molar-refractivity contribution in [2.45, 2.75) is 24.9 Å². The highest BCUT2D eigenvalue weighted by Crippen LogP contribution is 2.28. The van der Waals surface area contributed by atoms with E-state index in [9.17, 15) is 9.18 Å². The fraction of sp³-hybridized carbons (Fsp3) is 0.250. The number of rotatable bonds is 5. The van der Waals surface area contributed by atoms with Crippen molar-refractivity contribution in [2.75, 3.05) is 13.1 Å². The summed E-state index contributed by atoms with van der Waals surface area (Å²) in [6.07, 6.45) is 5.04. The molecule has 1 atom stereocenters. The lowest BCUT2D eigenvalue weighted by molar-refractivity contribution is 0.0703. The molecule has 1 unspecified atom stereocenters. The first kappa shape index (κ1) is 20.5. The van der Waals surface area contributed by atoms with Crippen LogP contribution in [0.1, 0.15) is 40.4 Å². The molecule has 1 N–H and O–H groups in total. The van der Waals surface area contributed by atoms with E-state index in [1.54, 1.807) is 24.5 Å². The number of halogens is 2. The first-order valence-corrected chi connectivity index (χ1v) is 10.4. The highest BCUT2D eigenvalue weighted by molar-refractivity contribution is 6.30. The highest BCUT2D eigenvalue weighted by Gasteiger charge is 2.27. The molecule has 1 aliphatic rings. The molecule has 1 aliphatic heterocycles. The summed E-state index contributed by atoms with van der Waals surface area (Å²) < 4.78 is 14.7. The number of hydrogen-bond acceptors (Lipinski definition) is 3. The second kappa shape index (κ2) is 9.37. The van der Waals surface area contributed by atoms with Crippen LogP contribution in [0, 0.1) is 5.82 Å². The largest absolute Gasteiger partial charge is 0.339 e. The standard InChI is InChI=1S/C24H23ClFN3O/c25-19-8-9-21(22(26)15-19)23(18-7-4-12-27-16-18)28-20-10-13-29(14-11-20)24(30)17-5-2-1-3-6-17/h1-9,12,15-16,20,23,28H,10-11,13-14H2. The van der Waals surface area contributed by atoms with Gasteiger partial charge in [0.05, 0.1) is 6.04 Å². The number of piperidine rings is 1. The first-order valence-electron chi connectivity index (χ1n) is 10.1. The average Bonchev–Trinajstić information content (AvgIpc) is 2.79. The number of amides is 1. The van der Waals surface area contributed by atoms with Crippen LogP contribution in [0.15, 0.2) is 73.1 Å². The van der Waals surface area contributed by atoms with Crippen LogP contribution < -0.4 is 5.32 Å². The van der Waals surface area contributed by atoms with E-state index in [1.165, 1.54) is 6.07 Å². The van der Waals surface area contributed by atoms with E-state index in [-0.39, 0.29) is 23.8 Å². The number of carbonyl (C=O) groups excluding carboxylic acids is 1. The zero-order valence-corrected chi connectivity index (χ0v) is 17.2. The molecule has 1 fully saturated rings. The van der Waals surface area contributed by atoms with E-state index in [1.807, 2.05) is 47.4 Å². The molecule has 0 bridgehead atoms. The molecule has 0 saturated carbocycles. The van der Waals surface area contributed by atoms with Gasteiger partial charge in [-0.3, -0.25) is 9.78 Å². The summed E-state index contributed by atoms with van der Waals surface area (Å²) in [5.74, 6) is -0.290. The summed E-state index contributed by atoms with van der Waals surface area (Å²) in [5, 5.41) is 3.96. The van der Waals surface area contributed by atoms with Crippen molar-refractivity contribution in [2.24, 2.45) is 0 Å². The van der Waals surface area contributed by atoms with Crippen LogP contribution in [0.5, 0.6) is 0 Å². The lowest BCUT2D eigenvalue weighted by Crippen LogP contribution is -2.46. The average molecular weight is 424 g/mol. The molecule has 2 aromatic carbocycles. The number of pyridine rings is 1. The van der Waals surface area contributed by atoms with Gasteiger partial charge in [-0.15, -0.1) is 0 Å². The quantitative estimate of drug-likeness (QED) is 0.637. The van der Waals surface area contributed by atoms with Crippen LogP contribution in [0.2, 0.25) is 5.02 Å². The Morgan fingerprint density at radius 1 is 1.10 bits per heavy atom. The van der Waals surface area contributed by atoms with Crippen molar-refractivity contribution < 1.29 is 9.18 Å². The van der Waals surface area contributed by atoms with Crippen molar-refractivity contribution in [1.82, 2.24) is 15.2 Å². The maximum atomic E-state index is 14.7. The van der Waals surface area contributed by atoms with Gasteiger partial charge in [0.1, 0.15) is 5.82 Å². The number of hydrogen-bond donors (Lipinski definition) is 1. The molecular formula is C24H23ClFN3O. The lowest BCUT2D eigenvalue weighted by Gasteiger charge is -2.35. The van der Waals surface area contributed by atoms with Crippen LogP contribution in [-0.2, 0) is 0 Å². The van der Waals surface area contributed by atoms with E-state index in [0.29, 0.717) is 29.2 Å². The maximum absolute atomic E-state index is 14.7. The molecule has 4 rings (SSSR count). The Balaban J connectivity index is 1.47. The van der Waals surface area contributed by atoms with Crippen molar-refractivity contribution in [1.29, 1.82) is 0 Å². The minimum absolute atomic E-state index is 0.0570. The van der Waals surface area contributed by atoms with E-state index >= 15 is 0 Å². The van der Waals surface area contributed by atoms with Gasteiger partial charge in [0.25, 0.3) is 5.91 Å². The smallest absolute Gasteiger partial charge is 0.253 e. The fourth-order valence-corrected chi connectivity index (χ4v) is 4.05. The Labute approximate surface area is 180 Å². The van der Waals surface area contributed by atoms with Gasteiger partial charge in [0.2, 0.25) is 0 Å². The number of nitrogens with zero attached hydrogens (tertiary/aromatic N) is 2. The minimum atomic E-state index is -0.347. The van der Waals surface area contributed by atoms with E-state index in [0.717, 1.165) is 18.4 Å². The molecular weight excluding hydrogens is 401 g/mol. The molecule has 3 aromatic rings. The third-order valence-corrected chi connectivity index (χ3v) is 5.73. The van der Waals surface area contributed by atoms with Crippen LogP contribution in [-0.4, -0.2) is 34.9 Å².